The van der Waals surface area contributed by atoms with E-state index in [9.17, 15) is 26.7 Å². The first-order valence-corrected chi connectivity index (χ1v) is 9.34. The molecular formula is C18H17F5N2O3S. The zero-order valence-electron chi connectivity index (χ0n) is 15.6. The molecule has 2 heterocycles. The lowest BCUT2D eigenvalue weighted by atomic mass is 9.85. The average Bonchev–Trinajstić information content (AvgIpc) is 3.21. The summed E-state index contributed by atoms with van der Waals surface area (Å²) in [5, 5.41) is 4.85. The number of nitrogens with zero attached hydrogens (tertiary/aromatic N) is 1. The van der Waals surface area contributed by atoms with Gasteiger partial charge in [0, 0.05) is 11.5 Å². The Hall–Kier alpha value is -2.30. The largest absolute Gasteiger partial charge is 0.493 e. The fourth-order valence-electron chi connectivity index (χ4n) is 3.29. The Morgan fingerprint density at radius 2 is 2.07 bits per heavy atom. The number of hydrogen-bond donors (Lipinski definition) is 1. The Bertz CT molecular complexity index is 933. The van der Waals surface area contributed by atoms with Crippen LogP contribution in [0.15, 0.2) is 22.9 Å². The van der Waals surface area contributed by atoms with Crippen molar-refractivity contribution < 1.29 is 36.0 Å². The second-order valence-electron chi connectivity index (χ2n) is 6.86. The van der Waals surface area contributed by atoms with Gasteiger partial charge in [0.25, 0.3) is 0 Å². The Labute approximate surface area is 167 Å². The quantitative estimate of drug-likeness (QED) is 0.697. The van der Waals surface area contributed by atoms with Crippen LogP contribution in [0.2, 0.25) is 0 Å². The number of rotatable bonds is 4. The van der Waals surface area contributed by atoms with Gasteiger partial charge in [0.2, 0.25) is 11.7 Å². The smallest absolute Gasteiger partial charge is 0.403 e. The second kappa shape index (κ2) is 7.51. The summed E-state index contributed by atoms with van der Waals surface area (Å²) in [6, 6.07) is 1.95. The molecule has 29 heavy (non-hydrogen) atoms. The summed E-state index contributed by atoms with van der Waals surface area (Å²) in [6.45, 7) is 2.53. The fraction of sp³-hybridized carbons (Fsp3) is 0.444. The zero-order chi connectivity index (χ0) is 21.6. The molecule has 0 radical (unpaired) electrons. The predicted octanol–water partition coefficient (Wildman–Crippen LogP) is 4.82. The van der Waals surface area contributed by atoms with E-state index < -0.39 is 51.8 Å². The zero-order valence-corrected chi connectivity index (χ0v) is 16.4. The van der Waals surface area contributed by atoms with E-state index in [1.807, 2.05) is 0 Å². The number of amides is 1. The van der Waals surface area contributed by atoms with Crippen molar-refractivity contribution in [3.63, 3.8) is 0 Å². The van der Waals surface area contributed by atoms with Crippen molar-refractivity contribution in [2.75, 3.05) is 12.4 Å². The van der Waals surface area contributed by atoms with Crippen LogP contribution in [-0.4, -0.2) is 34.3 Å². The van der Waals surface area contributed by atoms with Gasteiger partial charge in [0.15, 0.2) is 11.6 Å². The highest BCUT2D eigenvalue weighted by Gasteiger charge is 2.60. The van der Waals surface area contributed by atoms with Crippen molar-refractivity contribution in [1.29, 1.82) is 0 Å². The SMILES string of the molecule is COc1c(C2CC(C)(C(F)(F)F)SC2C(=O)Nc2conc2C)ccc(F)c1F. The molecule has 158 valence electrons. The molecule has 1 N–H and O–H groups in total. The summed E-state index contributed by atoms with van der Waals surface area (Å²) in [6.07, 6.45) is -3.98. The summed E-state index contributed by atoms with van der Waals surface area (Å²) < 4.78 is 76.2. The van der Waals surface area contributed by atoms with Crippen LogP contribution < -0.4 is 10.1 Å². The third-order valence-corrected chi connectivity index (χ3v) is 6.63. The molecule has 1 aromatic heterocycles. The predicted molar refractivity (Wildman–Crippen MR) is 96.0 cm³/mol. The maximum Gasteiger partial charge on any atom is 0.403 e. The molecule has 1 aliphatic rings. The third-order valence-electron chi connectivity index (χ3n) is 4.91. The van der Waals surface area contributed by atoms with Crippen molar-refractivity contribution >= 4 is 23.4 Å². The third kappa shape index (κ3) is 3.79. The van der Waals surface area contributed by atoms with Crippen molar-refractivity contribution in [2.24, 2.45) is 0 Å². The van der Waals surface area contributed by atoms with Crippen LogP contribution >= 0.6 is 11.8 Å². The summed E-state index contributed by atoms with van der Waals surface area (Å²) in [4.78, 5) is 12.8. The van der Waals surface area contributed by atoms with Crippen molar-refractivity contribution in [3.8, 4) is 5.75 Å². The number of halogens is 5. The van der Waals surface area contributed by atoms with Gasteiger partial charge in [-0.2, -0.15) is 17.6 Å². The molecule has 1 saturated heterocycles. The van der Waals surface area contributed by atoms with Gasteiger partial charge in [-0.25, -0.2) is 4.39 Å². The number of ether oxygens (including phenoxy) is 1. The second-order valence-corrected chi connectivity index (χ2v) is 8.51. The molecule has 0 bridgehead atoms. The van der Waals surface area contributed by atoms with Crippen LogP contribution in [0, 0.1) is 18.6 Å². The minimum atomic E-state index is -4.62. The number of benzene rings is 1. The number of carbonyl (C=O) groups is 1. The van der Waals surface area contributed by atoms with Crippen molar-refractivity contribution in [1.82, 2.24) is 5.16 Å². The molecule has 3 rings (SSSR count). The van der Waals surface area contributed by atoms with Gasteiger partial charge in [-0.05, 0) is 26.3 Å². The number of anilines is 1. The first-order valence-electron chi connectivity index (χ1n) is 8.46. The van der Waals surface area contributed by atoms with Gasteiger partial charge >= 0.3 is 6.18 Å². The minimum absolute atomic E-state index is 0.00549. The molecule has 5 nitrogen and oxygen atoms in total. The topological polar surface area (TPSA) is 64.4 Å². The summed E-state index contributed by atoms with van der Waals surface area (Å²) in [5.74, 6) is -4.83. The normalized spacial score (nSPS) is 24.6. The number of thioether (sulfide) groups is 1. The van der Waals surface area contributed by atoms with Crippen LogP contribution in [0.5, 0.6) is 5.75 Å². The summed E-state index contributed by atoms with van der Waals surface area (Å²) in [5.41, 5.74) is 0.558. The molecule has 11 heteroatoms. The van der Waals surface area contributed by atoms with E-state index in [1.54, 1.807) is 6.92 Å². The molecular weight excluding hydrogens is 419 g/mol. The van der Waals surface area contributed by atoms with Crippen LogP contribution in [-0.2, 0) is 4.79 Å². The fourth-order valence-corrected chi connectivity index (χ4v) is 4.83. The van der Waals surface area contributed by atoms with E-state index >= 15 is 0 Å². The van der Waals surface area contributed by atoms with Crippen LogP contribution in [0.3, 0.4) is 0 Å². The molecule has 1 aromatic carbocycles. The number of hydrogen-bond acceptors (Lipinski definition) is 5. The standard InChI is InChI=1S/C18H17F5N2O3S/c1-8-12(7-28-25-8)24-16(26)15-10(6-17(2,29-15)18(21,22)23)9-4-5-11(19)13(20)14(9)27-3/h4-5,7,10,15H,6H2,1-3H3,(H,24,26). The van der Waals surface area contributed by atoms with Gasteiger partial charge in [-0.3, -0.25) is 4.79 Å². The molecule has 1 fully saturated rings. The first kappa shape index (κ1) is 21.4. The Kier molecular flexibility index (Phi) is 5.54. The lowest BCUT2D eigenvalue weighted by Crippen LogP contribution is -2.37. The average molecular weight is 436 g/mol. The van der Waals surface area contributed by atoms with Gasteiger partial charge in [-0.1, -0.05) is 11.2 Å². The number of nitrogens with one attached hydrogen (secondary N) is 1. The highest BCUT2D eigenvalue weighted by atomic mass is 32.2. The number of methoxy groups -OCH3 is 1. The van der Waals surface area contributed by atoms with Gasteiger partial charge in [-0.15, -0.1) is 11.8 Å². The van der Waals surface area contributed by atoms with E-state index in [1.165, 1.54) is 0 Å². The van der Waals surface area contributed by atoms with Crippen molar-refractivity contribution in [3.05, 3.63) is 41.3 Å². The Morgan fingerprint density at radius 1 is 1.38 bits per heavy atom. The maximum atomic E-state index is 14.2. The number of aromatic nitrogens is 1. The molecule has 3 atom stereocenters. The Morgan fingerprint density at radius 3 is 2.62 bits per heavy atom. The van der Waals surface area contributed by atoms with E-state index in [2.05, 4.69) is 10.5 Å². The van der Waals surface area contributed by atoms with Gasteiger partial charge < -0.3 is 14.6 Å². The number of alkyl halides is 3. The molecule has 1 amide bonds. The Balaban J connectivity index is 2.03. The van der Waals surface area contributed by atoms with E-state index in [4.69, 9.17) is 9.26 Å². The van der Waals surface area contributed by atoms with Crippen LogP contribution in [0.25, 0.3) is 0 Å². The van der Waals surface area contributed by atoms with Crippen molar-refractivity contribution in [2.45, 2.75) is 42.4 Å². The maximum absolute atomic E-state index is 14.2. The molecule has 2 aromatic rings. The highest BCUT2D eigenvalue weighted by Crippen LogP contribution is 2.59. The highest BCUT2D eigenvalue weighted by molar-refractivity contribution is 8.02. The summed E-state index contributed by atoms with van der Waals surface area (Å²) in [7, 11) is 1.09. The molecule has 1 aliphatic heterocycles. The van der Waals surface area contributed by atoms with Crippen LogP contribution in [0.1, 0.15) is 30.5 Å². The van der Waals surface area contributed by atoms with E-state index in [0.29, 0.717) is 17.5 Å². The molecule has 0 aliphatic carbocycles. The lowest BCUT2D eigenvalue weighted by Gasteiger charge is -2.26. The number of carbonyl (C=O) groups excluding carboxylic acids is 1. The van der Waals surface area contributed by atoms with Gasteiger partial charge in [0.05, 0.1) is 12.4 Å². The number of aryl methyl sites for hydroxylation is 1. The minimum Gasteiger partial charge on any atom is -0.493 e. The monoisotopic (exact) mass is 436 g/mol. The molecule has 0 spiro atoms. The van der Waals surface area contributed by atoms with E-state index in [0.717, 1.165) is 32.4 Å². The van der Waals surface area contributed by atoms with Crippen LogP contribution in [0.4, 0.5) is 27.6 Å². The molecule has 3 unspecified atom stereocenters. The first-order chi connectivity index (χ1) is 13.5. The summed E-state index contributed by atoms with van der Waals surface area (Å²) >= 11 is 0.428. The van der Waals surface area contributed by atoms with Gasteiger partial charge in [0.1, 0.15) is 22.4 Å². The van der Waals surface area contributed by atoms with E-state index in [-0.39, 0.29) is 11.3 Å². The lowest BCUT2D eigenvalue weighted by molar-refractivity contribution is -0.155. The molecule has 0 saturated carbocycles.